The van der Waals surface area contributed by atoms with Gasteiger partial charge >= 0.3 is 5.97 Å². The summed E-state index contributed by atoms with van der Waals surface area (Å²) >= 11 is 0. The number of ether oxygens (including phenoxy) is 1. The Morgan fingerprint density at radius 2 is 2.26 bits per heavy atom. The van der Waals surface area contributed by atoms with Gasteiger partial charge in [-0.05, 0) is 18.9 Å². The van der Waals surface area contributed by atoms with Crippen LogP contribution in [0.15, 0.2) is 12.1 Å². The Bertz CT molecular complexity index is 649. The lowest BCUT2D eigenvalue weighted by atomic mass is 9.89. The second-order valence-electron chi connectivity index (χ2n) is 4.64. The molecular formula is C12H12FN3O3. The second-order valence-corrected chi connectivity index (χ2v) is 4.64. The molecule has 0 spiro atoms. The molecule has 100 valence electrons. The van der Waals surface area contributed by atoms with E-state index in [1.807, 2.05) is 0 Å². The molecule has 1 aliphatic rings. The number of hydrogen-bond donors (Lipinski definition) is 1. The minimum atomic E-state index is -1.31. The molecule has 0 unspecified atom stereocenters. The van der Waals surface area contributed by atoms with Crippen LogP contribution in [0.25, 0.3) is 11.0 Å². The Balaban J connectivity index is 2.00. The Hall–Kier alpha value is -2.02. The first kappa shape index (κ1) is 12.0. The SMILES string of the molecule is COC1CC(n2nnc3cc(C(=O)O)c(F)cc32)C1. The fourth-order valence-corrected chi connectivity index (χ4v) is 2.32. The highest BCUT2D eigenvalue weighted by Crippen LogP contribution is 2.35. The van der Waals surface area contributed by atoms with E-state index in [2.05, 4.69) is 10.3 Å². The lowest BCUT2D eigenvalue weighted by Crippen LogP contribution is -2.33. The Morgan fingerprint density at radius 3 is 2.89 bits per heavy atom. The lowest BCUT2D eigenvalue weighted by molar-refractivity contribution is 0.00331. The number of carboxylic acid groups (broad SMARTS) is 1. The quantitative estimate of drug-likeness (QED) is 0.912. The van der Waals surface area contributed by atoms with Gasteiger partial charge in [-0.1, -0.05) is 5.21 Å². The monoisotopic (exact) mass is 265 g/mol. The highest BCUT2D eigenvalue weighted by molar-refractivity contribution is 5.92. The van der Waals surface area contributed by atoms with E-state index >= 15 is 0 Å². The first-order valence-electron chi connectivity index (χ1n) is 5.90. The molecule has 1 aromatic carbocycles. The van der Waals surface area contributed by atoms with Gasteiger partial charge in [0.2, 0.25) is 0 Å². The standard InChI is InChI=1S/C12H12FN3O3/c1-19-7-2-6(3-7)16-11-5-9(13)8(12(17)18)4-10(11)14-15-16/h4-7H,2-3H2,1H3,(H,17,18). The van der Waals surface area contributed by atoms with Crippen molar-refractivity contribution in [1.29, 1.82) is 0 Å². The maximum Gasteiger partial charge on any atom is 0.338 e. The van der Waals surface area contributed by atoms with E-state index in [4.69, 9.17) is 9.84 Å². The molecule has 19 heavy (non-hydrogen) atoms. The van der Waals surface area contributed by atoms with Crippen LogP contribution in [0, 0.1) is 5.82 Å². The van der Waals surface area contributed by atoms with Gasteiger partial charge < -0.3 is 9.84 Å². The number of aromatic carboxylic acids is 1. The molecule has 1 aliphatic carbocycles. The van der Waals surface area contributed by atoms with E-state index in [0.717, 1.165) is 12.8 Å². The molecule has 0 amide bonds. The van der Waals surface area contributed by atoms with Crippen molar-refractivity contribution in [3.05, 3.63) is 23.5 Å². The normalized spacial score (nSPS) is 22.4. The van der Waals surface area contributed by atoms with Gasteiger partial charge in [-0.3, -0.25) is 0 Å². The van der Waals surface area contributed by atoms with Gasteiger partial charge in [-0.15, -0.1) is 5.10 Å². The molecule has 0 radical (unpaired) electrons. The number of fused-ring (bicyclic) bond motifs is 1. The van der Waals surface area contributed by atoms with Crippen LogP contribution in [0.4, 0.5) is 4.39 Å². The zero-order chi connectivity index (χ0) is 13.6. The third-order valence-electron chi connectivity index (χ3n) is 3.54. The van der Waals surface area contributed by atoms with E-state index in [9.17, 15) is 9.18 Å². The summed E-state index contributed by atoms with van der Waals surface area (Å²) in [5.41, 5.74) is 0.518. The zero-order valence-corrected chi connectivity index (χ0v) is 10.2. The molecule has 2 aromatic rings. The van der Waals surface area contributed by atoms with Crippen LogP contribution in [0.1, 0.15) is 29.2 Å². The van der Waals surface area contributed by atoms with Gasteiger partial charge in [0, 0.05) is 13.2 Å². The van der Waals surface area contributed by atoms with Crippen molar-refractivity contribution in [1.82, 2.24) is 15.0 Å². The van der Waals surface area contributed by atoms with E-state index in [1.165, 1.54) is 12.1 Å². The maximum absolute atomic E-state index is 13.7. The topological polar surface area (TPSA) is 77.2 Å². The van der Waals surface area contributed by atoms with Crippen LogP contribution >= 0.6 is 0 Å². The largest absolute Gasteiger partial charge is 0.478 e. The van der Waals surface area contributed by atoms with Crippen molar-refractivity contribution in [3.63, 3.8) is 0 Å². The molecule has 0 aliphatic heterocycles. The van der Waals surface area contributed by atoms with Crippen molar-refractivity contribution < 1.29 is 19.0 Å². The van der Waals surface area contributed by atoms with Crippen LogP contribution in [-0.2, 0) is 4.74 Å². The Labute approximate surface area is 107 Å². The average Bonchev–Trinajstić information content (AvgIpc) is 2.70. The van der Waals surface area contributed by atoms with Gasteiger partial charge in [0.25, 0.3) is 0 Å². The predicted molar refractivity (Wildman–Crippen MR) is 63.5 cm³/mol. The molecule has 0 saturated heterocycles. The minimum Gasteiger partial charge on any atom is -0.478 e. The molecule has 1 fully saturated rings. The molecule has 1 saturated carbocycles. The molecule has 1 N–H and O–H groups in total. The summed E-state index contributed by atoms with van der Waals surface area (Å²) in [5.74, 6) is -2.08. The maximum atomic E-state index is 13.7. The summed E-state index contributed by atoms with van der Waals surface area (Å²) in [6.45, 7) is 0. The summed E-state index contributed by atoms with van der Waals surface area (Å²) in [6, 6.07) is 2.52. The number of hydrogen-bond acceptors (Lipinski definition) is 4. The Kier molecular flexibility index (Phi) is 2.70. The fourth-order valence-electron chi connectivity index (χ4n) is 2.32. The predicted octanol–water partition coefficient (Wildman–Crippen LogP) is 1.62. The van der Waals surface area contributed by atoms with E-state index < -0.39 is 11.8 Å². The number of nitrogens with zero attached hydrogens (tertiary/aromatic N) is 3. The van der Waals surface area contributed by atoms with Gasteiger partial charge in [-0.2, -0.15) is 0 Å². The van der Waals surface area contributed by atoms with Gasteiger partial charge in [0.15, 0.2) is 0 Å². The first-order valence-corrected chi connectivity index (χ1v) is 5.90. The van der Waals surface area contributed by atoms with Crippen molar-refractivity contribution in [2.45, 2.75) is 25.0 Å². The van der Waals surface area contributed by atoms with E-state index in [-0.39, 0.29) is 17.7 Å². The number of carboxylic acids is 1. The molecule has 0 atom stereocenters. The Morgan fingerprint density at radius 1 is 1.53 bits per heavy atom. The number of methoxy groups -OCH3 is 1. The number of aromatic nitrogens is 3. The fraction of sp³-hybridized carbons (Fsp3) is 0.417. The highest BCUT2D eigenvalue weighted by Gasteiger charge is 2.32. The van der Waals surface area contributed by atoms with Crippen molar-refractivity contribution in [2.24, 2.45) is 0 Å². The van der Waals surface area contributed by atoms with Crippen LogP contribution in [-0.4, -0.2) is 39.3 Å². The third-order valence-corrected chi connectivity index (χ3v) is 3.54. The summed E-state index contributed by atoms with van der Waals surface area (Å²) in [4.78, 5) is 10.8. The summed E-state index contributed by atoms with van der Waals surface area (Å²) in [6.07, 6.45) is 1.81. The number of halogens is 1. The highest BCUT2D eigenvalue weighted by atomic mass is 19.1. The number of benzene rings is 1. The average molecular weight is 265 g/mol. The molecule has 3 rings (SSSR count). The minimum absolute atomic E-state index is 0.130. The van der Waals surface area contributed by atoms with Crippen LogP contribution in [0.3, 0.4) is 0 Å². The smallest absolute Gasteiger partial charge is 0.338 e. The molecule has 6 nitrogen and oxygen atoms in total. The molecular weight excluding hydrogens is 253 g/mol. The third kappa shape index (κ3) is 1.86. The van der Waals surface area contributed by atoms with E-state index in [0.29, 0.717) is 11.0 Å². The second kappa shape index (κ2) is 4.27. The molecule has 1 aromatic heterocycles. The summed E-state index contributed by atoms with van der Waals surface area (Å²) < 4.78 is 20.5. The van der Waals surface area contributed by atoms with Crippen molar-refractivity contribution >= 4 is 17.0 Å². The molecule has 0 bridgehead atoms. The zero-order valence-electron chi connectivity index (χ0n) is 10.2. The first-order chi connectivity index (χ1) is 9.10. The van der Waals surface area contributed by atoms with Crippen LogP contribution < -0.4 is 0 Å². The van der Waals surface area contributed by atoms with Gasteiger partial charge in [0.05, 0.1) is 23.2 Å². The van der Waals surface area contributed by atoms with Crippen molar-refractivity contribution in [2.75, 3.05) is 7.11 Å². The van der Waals surface area contributed by atoms with Gasteiger partial charge in [0.1, 0.15) is 11.3 Å². The van der Waals surface area contributed by atoms with Crippen LogP contribution in [0.2, 0.25) is 0 Å². The summed E-state index contributed by atoms with van der Waals surface area (Å²) in [7, 11) is 1.65. The number of carbonyl (C=O) groups is 1. The lowest BCUT2D eigenvalue weighted by Gasteiger charge is -2.34. The molecule has 7 heteroatoms. The number of rotatable bonds is 3. The van der Waals surface area contributed by atoms with Crippen LogP contribution in [0.5, 0.6) is 0 Å². The summed E-state index contributed by atoms with van der Waals surface area (Å²) in [5, 5.41) is 16.7. The van der Waals surface area contributed by atoms with Gasteiger partial charge in [-0.25, -0.2) is 13.9 Å². The molecule has 1 heterocycles. The van der Waals surface area contributed by atoms with Crippen molar-refractivity contribution in [3.8, 4) is 0 Å². The van der Waals surface area contributed by atoms with E-state index in [1.54, 1.807) is 11.8 Å².